The quantitative estimate of drug-likeness (QED) is 0.524. The highest BCUT2D eigenvalue weighted by atomic mass is 79.9. The van der Waals surface area contributed by atoms with Crippen LogP contribution in [0.3, 0.4) is 0 Å². The van der Waals surface area contributed by atoms with E-state index >= 15 is 0 Å². The van der Waals surface area contributed by atoms with E-state index in [0.717, 1.165) is 5.57 Å². The van der Waals surface area contributed by atoms with Gasteiger partial charge in [-0.15, -0.1) is 0 Å². The van der Waals surface area contributed by atoms with Gasteiger partial charge in [0.2, 0.25) is 0 Å². The fourth-order valence-electron chi connectivity index (χ4n) is 0.289. The Labute approximate surface area is 63.4 Å². The van der Waals surface area contributed by atoms with Crippen molar-refractivity contribution in [2.75, 3.05) is 6.61 Å². The molecule has 0 radical (unpaired) electrons. The topological polar surface area (TPSA) is 32.6 Å². The number of aliphatic imine (C=N–C) groups is 1. The average molecular weight is 192 g/mol. The molecule has 2 nitrogen and oxygen atoms in total. The van der Waals surface area contributed by atoms with Crippen LogP contribution in [0.15, 0.2) is 15.2 Å². The van der Waals surface area contributed by atoms with Crippen LogP contribution in [0.25, 0.3) is 0 Å². The maximum atomic E-state index is 8.57. The first kappa shape index (κ1) is 8.85. The van der Waals surface area contributed by atoms with Crippen LogP contribution < -0.4 is 0 Å². The fraction of sp³-hybridized carbons (Fsp3) is 0.500. The Bertz CT molecular complexity index is 140. The summed E-state index contributed by atoms with van der Waals surface area (Å²) in [6.07, 6.45) is 1.67. The molecule has 0 amide bonds. The number of hydrogen-bond donors (Lipinski definition) is 1. The molecule has 0 aliphatic carbocycles. The van der Waals surface area contributed by atoms with Gasteiger partial charge in [-0.1, -0.05) is 0 Å². The van der Waals surface area contributed by atoms with E-state index in [-0.39, 0.29) is 6.61 Å². The SMILES string of the molecule is CC=N/C(Br)=C(\C)CO. The Hall–Kier alpha value is -0.150. The third-order valence-electron chi connectivity index (χ3n) is 0.832. The largest absolute Gasteiger partial charge is 0.392 e. The smallest absolute Gasteiger partial charge is 0.106 e. The number of halogens is 1. The zero-order valence-corrected chi connectivity index (χ0v) is 7.14. The molecule has 0 heterocycles. The highest BCUT2D eigenvalue weighted by molar-refractivity contribution is 9.11. The van der Waals surface area contributed by atoms with Crippen molar-refractivity contribution >= 4 is 22.1 Å². The lowest BCUT2D eigenvalue weighted by molar-refractivity contribution is 0.331. The van der Waals surface area contributed by atoms with Crippen molar-refractivity contribution in [2.45, 2.75) is 13.8 Å². The summed E-state index contributed by atoms with van der Waals surface area (Å²) in [5.41, 5.74) is 0.841. The van der Waals surface area contributed by atoms with E-state index in [0.29, 0.717) is 4.61 Å². The van der Waals surface area contributed by atoms with Gasteiger partial charge in [0.15, 0.2) is 0 Å². The van der Waals surface area contributed by atoms with Crippen molar-refractivity contribution in [1.29, 1.82) is 0 Å². The predicted octanol–water partition coefficient (Wildman–Crippen LogP) is 1.70. The molecule has 0 spiro atoms. The summed E-state index contributed by atoms with van der Waals surface area (Å²) in [6.45, 7) is 3.70. The Kier molecular flexibility index (Phi) is 4.62. The van der Waals surface area contributed by atoms with Crippen molar-refractivity contribution in [3.05, 3.63) is 10.2 Å². The second kappa shape index (κ2) is 4.70. The van der Waals surface area contributed by atoms with Gasteiger partial charge >= 0.3 is 0 Å². The van der Waals surface area contributed by atoms with E-state index in [1.54, 1.807) is 6.21 Å². The molecule has 0 fully saturated rings. The molecule has 0 aromatic carbocycles. The summed E-state index contributed by atoms with van der Waals surface area (Å²) in [5.74, 6) is 0. The van der Waals surface area contributed by atoms with Crippen LogP contribution in [-0.2, 0) is 0 Å². The number of nitrogens with zero attached hydrogens (tertiary/aromatic N) is 1. The van der Waals surface area contributed by atoms with Gasteiger partial charge < -0.3 is 5.11 Å². The van der Waals surface area contributed by atoms with E-state index in [4.69, 9.17) is 5.11 Å². The molecule has 9 heavy (non-hydrogen) atoms. The Balaban J connectivity index is 4.10. The third kappa shape index (κ3) is 3.43. The molecule has 0 atom stereocenters. The highest BCUT2D eigenvalue weighted by Crippen LogP contribution is 2.11. The maximum Gasteiger partial charge on any atom is 0.106 e. The van der Waals surface area contributed by atoms with Crippen molar-refractivity contribution < 1.29 is 5.11 Å². The summed E-state index contributed by atoms with van der Waals surface area (Å²) in [7, 11) is 0. The summed E-state index contributed by atoms with van der Waals surface area (Å²) >= 11 is 3.19. The normalized spacial score (nSPS) is 14.2. The second-order valence-electron chi connectivity index (χ2n) is 1.62. The molecule has 0 saturated heterocycles. The van der Waals surface area contributed by atoms with Gasteiger partial charge in [-0.05, 0) is 35.4 Å². The van der Waals surface area contributed by atoms with Gasteiger partial charge in [0.25, 0.3) is 0 Å². The lowest BCUT2D eigenvalue weighted by Crippen LogP contribution is -1.85. The fourth-order valence-corrected chi connectivity index (χ4v) is 0.619. The monoisotopic (exact) mass is 191 g/mol. The lowest BCUT2D eigenvalue weighted by atomic mass is 10.4. The summed E-state index contributed by atoms with van der Waals surface area (Å²) < 4.78 is 0.715. The summed E-state index contributed by atoms with van der Waals surface area (Å²) in [6, 6.07) is 0. The Morgan fingerprint density at radius 1 is 1.78 bits per heavy atom. The van der Waals surface area contributed by atoms with Crippen LogP contribution >= 0.6 is 15.9 Å². The molecule has 0 bridgehead atoms. The van der Waals surface area contributed by atoms with E-state index in [1.165, 1.54) is 0 Å². The van der Waals surface area contributed by atoms with Gasteiger partial charge in [-0.2, -0.15) is 0 Å². The van der Waals surface area contributed by atoms with E-state index < -0.39 is 0 Å². The summed E-state index contributed by atoms with van der Waals surface area (Å²) in [4.78, 5) is 3.91. The van der Waals surface area contributed by atoms with Gasteiger partial charge in [0.1, 0.15) is 4.61 Å². The first-order valence-electron chi connectivity index (χ1n) is 2.67. The van der Waals surface area contributed by atoms with Gasteiger partial charge in [-0.25, -0.2) is 0 Å². The Morgan fingerprint density at radius 3 is 2.67 bits per heavy atom. The number of aliphatic hydroxyl groups is 1. The van der Waals surface area contributed by atoms with Gasteiger partial charge in [-0.3, -0.25) is 4.99 Å². The third-order valence-corrected chi connectivity index (χ3v) is 1.71. The van der Waals surface area contributed by atoms with Crippen LogP contribution in [0.5, 0.6) is 0 Å². The molecule has 0 aliphatic rings. The lowest BCUT2D eigenvalue weighted by Gasteiger charge is -1.93. The molecule has 1 N–H and O–H groups in total. The van der Waals surface area contributed by atoms with Crippen LogP contribution in [0, 0.1) is 0 Å². The molecule has 0 aliphatic heterocycles. The van der Waals surface area contributed by atoms with Gasteiger partial charge in [0.05, 0.1) is 6.61 Å². The Morgan fingerprint density at radius 2 is 2.33 bits per heavy atom. The zero-order chi connectivity index (χ0) is 7.28. The molecule has 52 valence electrons. The molecule has 0 unspecified atom stereocenters. The van der Waals surface area contributed by atoms with Crippen molar-refractivity contribution in [3.63, 3.8) is 0 Å². The molecular weight excluding hydrogens is 182 g/mol. The van der Waals surface area contributed by atoms with Crippen LogP contribution in [0.4, 0.5) is 0 Å². The van der Waals surface area contributed by atoms with Crippen molar-refractivity contribution in [3.8, 4) is 0 Å². The standard InChI is InChI=1S/C6H10BrNO/c1-3-8-6(7)5(2)4-9/h3,9H,4H2,1-2H3/b6-5+,8-3?. The first-order chi connectivity index (χ1) is 4.22. The average Bonchev–Trinajstić information content (AvgIpc) is 1.87. The molecule has 0 rings (SSSR count). The van der Waals surface area contributed by atoms with E-state index in [2.05, 4.69) is 20.9 Å². The van der Waals surface area contributed by atoms with Crippen molar-refractivity contribution in [2.24, 2.45) is 4.99 Å². The molecule has 0 saturated carbocycles. The van der Waals surface area contributed by atoms with Crippen molar-refractivity contribution in [1.82, 2.24) is 0 Å². The molecule has 0 aromatic rings. The molecule has 0 aromatic heterocycles. The predicted molar refractivity (Wildman–Crippen MR) is 42.9 cm³/mol. The number of hydrogen-bond acceptors (Lipinski definition) is 2. The molecule has 3 heteroatoms. The maximum absolute atomic E-state index is 8.57. The summed E-state index contributed by atoms with van der Waals surface area (Å²) in [5, 5.41) is 8.57. The van der Waals surface area contributed by atoms with Crippen LogP contribution in [-0.4, -0.2) is 17.9 Å². The minimum absolute atomic E-state index is 0.0535. The van der Waals surface area contributed by atoms with E-state index in [1.807, 2.05) is 13.8 Å². The second-order valence-corrected chi connectivity index (χ2v) is 2.37. The highest BCUT2D eigenvalue weighted by Gasteiger charge is 1.91. The number of aliphatic hydroxyl groups excluding tert-OH is 1. The minimum atomic E-state index is 0.0535. The van der Waals surface area contributed by atoms with Gasteiger partial charge in [0, 0.05) is 6.21 Å². The number of rotatable bonds is 2. The van der Waals surface area contributed by atoms with E-state index in [9.17, 15) is 0 Å². The molecular formula is C6H10BrNO. The first-order valence-corrected chi connectivity index (χ1v) is 3.46. The minimum Gasteiger partial charge on any atom is -0.392 e. The zero-order valence-electron chi connectivity index (χ0n) is 5.56. The van der Waals surface area contributed by atoms with Crippen LogP contribution in [0.2, 0.25) is 0 Å². The van der Waals surface area contributed by atoms with Crippen LogP contribution in [0.1, 0.15) is 13.8 Å².